The van der Waals surface area contributed by atoms with Gasteiger partial charge in [-0.1, -0.05) is 36.4 Å². The van der Waals surface area contributed by atoms with Crippen molar-refractivity contribution in [2.75, 3.05) is 0 Å². The second kappa shape index (κ2) is 5.61. The highest BCUT2D eigenvalue weighted by Crippen LogP contribution is 2.60. The van der Waals surface area contributed by atoms with Crippen molar-refractivity contribution in [1.82, 2.24) is 0 Å². The monoisotopic (exact) mass is 398 g/mol. The summed E-state index contributed by atoms with van der Waals surface area (Å²) in [5.41, 5.74) is -0.0688. The zero-order valence-corrected chi connectivity index (χ0v) is 14.7. The Kier molecular flexibility index (Phi) is 3.76. The highest BCUT2D eigenvalue weighted by Gasteiger charge is 2.77. The Hall–Kier alpha value is -2.28. The van der Waals surface area contributed by atoms with Gasteiger partial charge < -0.3 is 0 Å². The average molecular weight is 398 g/mol. The molecule has 2 aromatic carbocycles. The van der Waals surface area contributed by atoms with E-state index in [1.54, 1.807) is 30.3 Å². The molecule has 7 heteroatoms. The van der Waals surface area contributed by atoms with Crippen LogP contribution in [0.4, 0.5) is 26.3 Å². The van der Waals surface area contributed by atoms with Crippen LogP contribution in [0.1, 0.15) is 10.4 Å². The van der Waals surface area contributed by atoms with Crippen molar-refractivity contribution < 1.29 is 26.3 Å². The number of thiophene rings is 1. The van der Waals surface area contributed by atoms with Crippen molar-refractivity contribution in [3.05, 3.63) is 65.0 Å². The lowest BCUT2D eigenvalue weighted by molar-refractivity contribution is -0.257. The normalized spacial score (nSPS) is 20.0. The van der Waals surface area contributed by atoms with E-state index in [9.17, 15) is 26.3 Å². The number of benzene rings is 2. The lowest BCUT2D eigenvalue weighted by atomic mass is 9.96. The first-order valence-electron chi connectivity index (χ1n) is 8.02. The van der Waals surface area contributed by atoms with Gasteiger partial charge in [0.15, 0.2) is 0 Å². The first kappa shape index (κ1) is 18.1. The predicted octanol–water partition coefficient (Wildman–Crippen LogP) is 7.18. The minimum absolute atomic E-state index is 0.241. The number of halogens is 6. The number of hydrogen-bond acceptors (Lipinski definition) is 1. The summed E-state index contributed by atoms with van der Waals surface area (Å²) in [6.45, 7) is 1.47. The van der Waals surface area contributed by atoms with Crippen molar-refractivity contribution in [2.45, 2.75) is 24.7 Å². The van der Waals surface area contributed by atoms with E-state index in [4.69, 9.17) is 0 Å². The predicted molar refractivity (Wildman–Crippen MR) is 94.8 cm³/mol. The van der Waals surface area contributed by atoms with Gasteiger partial charge in [-0.25, -0.2) is 0 Å². The van der Waals surface area contributed by atoms with Gasteiger partial charge in [-0.15, -0.1) is 11.3 Å². The molecule has 0 fully saturated rings. The van der Waals surface area contributed by atoms with Gasteiger partial charge in [-0.05, 0) is 30.2 Å². The third kappa shape index (κ3) is 2.44. The summed E-state index contributed by atoms with van der Waals surface area (Å²) >= 11 is 1.11. The van der Waals surface area contributed by atoms with Crippen LogP contribution in [-0.2, 0) is 0 Å². The molecule has 140 valence electrons. The average Bonchev–Trinajstić information content (AvgIpc) is 2.99. The zero-order chi connectivity index (χ0) is 19.6. The maximum atomic E-state index is 14.3. The topological polar surface area (TPSA) is 0 Å². The summed E-state index contributed by atoms with van der Waals surface area (Å²) < 4.78 is 83.7. The van der Waals surface area contributed by atoms with E-state index >= 15 is 0 Å². The molecule has 1 aromatic heterocycles. The molecule has 0 saturated heterocycles. The third-order valence-corrected chi connectivity index (χ3v) is 5.80. The number of fused-ring (bicyclic) bond motifs is 1. The first-order valence-corrected chi connectivity index (χ1v) is 8.83. The van der Waals surface area contributed by atoms with Crippen LogP contribution in [0.15, 0.2) is 54.6 Å². The molecule has 0 saturated carbocycles. The van der Waals surface area contributed by atoms with Gasteiger partial charge in [0.05, 0.1) is 0 Å². The van der Waals surface area contributed by atoms with Crippen molar-refractivity contribution in [1.29, 1.82) is 0 Å². The third-order valence-electron chi connectivity index (χ3n) is 4.72. The lowest BCUT2D eigenvalue weighted by Gasteiger charge is -2.25. The molecule has 3 aromatic rings. The minimum Gasteiger partial charge on any atom is -0.195 e. The molecular formula is C20H12F6S. The molecule has 0 N–H and O–H groups in total. The van der Waals surface area contributed by atoms with E-state index in [2.05, 4.69) is 0 Å². The summed E-state index contributed by atoms with van der Waals surface area (Å²) in [6, 6.07) is 14.1. The Balaban J connectivity index is 1.96. The summed E-state index contributed by atoms with van der Waals surface area (Å²) in [7, 11) is 0. The molecule has 0 nitrogen and oxygen atoms in total. The van der Waals surface area contributed by atoms with Gasteiger partial charge in [0, 0.05) is 32.2 Å². The second-order valence-corrected chi connectivity index (χ2v) is 7.70. The number of aryl methyl sites for hydroxylation is 1. The van der Waals surface area contributed by atoms with Crippen LogP contribution >= 0.6 is 11.3 Å². The molecule has 1 heterocycles. The number of rotatable bonds is 2. The van der Waals surface area contributed by atoms with E-state index in [1.165, 1.54) is 6.92 Å². The van der Waals surface area contributed by atoms with Crippen molar-refractivity contribution in [3.8, 4) is 11.1 Å². The summed E-state index contributed by atoms with van der Waals surface area (Å²) in [5.74, 6) is -15.3. The highest BCUT2D eigenvalue weighted by atomic mass is 32.1. The maximum Gasteiger partial charge on any atom is 0.380 e. The zero-order valence-electron chi connectivity index (χ0n) is 13.9. The standard InChI is InChI=1S/C20H12F6S/c1-11-17(15-10-18(21,22)20(25,26)19(15,23)24)14-9-13(7-8-16(14)27-11)12-5-3-2-4-6-12/h2-10H,1H3. The van der Waals surface area contributed by atoms with Crippen LogP contribution in [0.5, 0.6) is 0 Å². The largest absolute Gasteiger partial charge is 0.380 e. The molecule has 0 unspecified atom stereocenters. The van der Waals surface area contributed by atoms with Crippen LogP contribution in [0.25, 0.3) is 26.8 Å². The molecule has 27 heavy (non-hydrogen) atoms. The highest BCUT2D eigenvalue weighted by molar-refractivity contribution is 7.19. The fraction of sp³-hybridized carbons (Fsp3) is 0.200. The molecule has 0 atom stereocenters. The molecule has 0 radical (unpaired) electrons. The molecule has 0 bridgehead atoms. The second-order valence-electron chi connectivity index (χ2n) is 6.44. The molecular weight excluding hydrogens is 386 g/mol. The summed E-state index contributed by atoms with van der Waals surface area (Å²) in [4.78, 5) is 0.287. The number of hydrogen-bond donors (Lipinski definition) is 0. The fourth-order valence-electron chi connectivity index (χ4n) is 3.34. The maximum absolute atomic E-state index is 14.3. The molecule has 1 aliphatic carbocycles. The van der Waals surface area contributed by atoms with Gasteiger partial charge in [0.1, 0.15) is 0 Å². The van der Waals surface area contributed by atoms with Gasteiger partial charge in [-0.3, -0.25) is 0 Å². The van der Waals surface area contributed by atoms with E-state index in [0.717, 1.165) is 16.9 Å². The Morgan fingerprint density at radius 1 is 0.815 bits per heavy atom. The van der Waals surface area contributed by atoms with Crippen molar-refractivity contribution in [3.63, 3.8) is 0 Å². The molecule has 4 rings (SSSR count). The summed E-state index contributed by atoms with van der Waals surface area (Å²) in [6.07, 6.45) is -0.281. The molecule has 0 amide bonds. The first-order chi connectivity index (χ1) is 12.6. The fourth-order valence-corrected chi connectivity index (χ4v) is 4.39. The van der Waals surface area contributed by atoms with Crippen LogP contribution in [0, 0.1) is 6.92 Å². The van der Waals surface area contributed by atoms with Crippen LogP contribution in [-0.4, -0.2) is 17.8 Å². The smallest absolute Gasteiger partial charge is 0.195 e. The van der Waals surface area contributed by atoms with Crippen molar-refractivity contribution in [2.24, 2.45) is 0 Å². The number of allylic oxidation sites excluding steroid dienone is 2. The van der Waals surface area contributed by atoms with Crippen LogP contribution < -0.4 is 0 Å². The lowest BCUT2D eigenvalue weighted by Crippen LogP contribution is -2.48. The van der Waals surface area contributed by atoms with E-state index in [0.29, 0.717) is 10.3 Å². The Morgan fingerprint density at radius 2 is 1.48 bits per heavy atom. The van der Waals surface area contributed by atoms with Gasteiger partial charge in [0.25, 0.3) is 0 Å². The van der Waals surface area contributed by atoms with E-state index < -0.39 is 23.3 Å². The summed E-state index contributed by atoms with van der Waals surface area (Å²) in [5, 5.41) is 0.262. The Morgan fingerprint density at radius 3 is 2.07 bits per heavy atom. The van der Waals surface area contributed by atoms with Gasteiger partial charge in [-0.2, -0.15) is 26.3 Å². The number of alkyl halides is 6. The SMILES string of the molecule is Cc1sc2ccc(-c3ccccc3)cc2c1C1=CC(F)(F)C(F)(F)C1(F)F. The molecule has 0 aliphatic heterocycles. The molecule has 1 aliphatic rings. The van der Waals surface area contributed by atoms with Gasteiger partial charge in [0.2, 0.25) is 0 Å². The van der Waals surface area contributed by atoms with Gasteiger partial charge >= 0.3 is 17.8 Å². The Labute approximate surface area is 154 Å². The quantitative estimate of drug-likeness (QED) is 0.401. The van der Waals surface area contributed by atoms with Crippen LogP contribution in [0.2, 0.25) is 0 Å². The van der Waals surface area contributed by atoms with Crippen LogP contribution in [0.3, 0.4) is 0 Å². The van der Waals surface area contributed by atoms with E-state index in [1.807, 2.05) is 18.2 Å². The molecule has 0 spiro atoms. The Bertz CT molecular complexity index is 1060. The van der Waals surface area contributed by atoms with E-state index in [-0.39, 0.29) is 21.9 Å². The minimum atomic E-state index is -5.47. The van der Waals surface area contributed by atoms with Crippen molar-refractivity contribution >= 4 is 27.0 Å².